The summed E-state index contributed by atoms with van der Waals surface area (Å²) in [6.45, 7) is 13.1. The third kappa shape index (κ3) is 9.08. The van der Waals surface area contributed by atoms with Gasteiger partial charge in [-0.05, 0) is 88.9 Å². The highest BCUT2D eigenvalue weighted by atomic mass is 16.6. The maximum atomic E-state index is 14.8. The number of hydrogen-bond donors (Lipinski definition) is 2. The van der Waals surface area contributed by atoms with Crippen molar-refractivity contribution in [2.75, 3.05) is 12.4 Å². The first-order valence-electron chi connectivity index (χ1n) is 14.6. The van der Waals surface area contributed by atoms with Crippen LogP contribution in [-0.2, 0) is 20.7 Å². The molecule has 2 N–H and O–H groups in total. The van der Waals surface area contributed by atoms with Gasteiger partial charge in [-0.2, -0.15) is 0 Å². The number of aryl methyl sites for hydroxylation is 1. The molecule has 0 heterocycles. The second kappa shape index (κ2) is 14.2. The SMILES string of the molecule is CCC(C)(C)N(C(=O)C(Cc1ccccc1)NC(=O)OC(C)(C)C)C(C(=O)Nc1ccc(OC)cc1)c1ccccc1C. The van der Waals surface area contributed by atoms with Gasteiger partial charge in [0.1, 0.15) is 23.4 Å². The van der Waals surface area contributed by atoms with Gasteiger partial charge in [-0.1, -0.05) is 61.5 Å². The van der Waals surface area contributed by atoms with Gasteiger partial charge in [-0.25, -0.2) is 4.79 Å². The second-order valence-electron chi connectivity index (χ2n) is 12.2. The fourth-order valence-electron chi connectivity index (χ4n) is 4.79. The molecular formula is C35H45N3O5. The summed E-state index contributed by atoms with van der Waals surface area (Å²) in [6.07, 6.45) is 0.0724. The Kier molecular flexibility index (Phi) is 11.0. The molecule has 0 saturated carbocycles. The number of amides is 3. The zero-order valence-electron chi connectivity index (χ0n) is 26.6. The number of nitrogens with one attached hydrogen (secondary N) is 2. The molecule has 0 fully saturated rings. The third-order valence-corrected chi connectivity index (χ3v) is 7.37. The molecule has 0 aliphatic heterocycles. The summed E-state index contributed by atoms with van der Waals surface area (Å²) in [5.41, 5.74) is 1.46. The number of carbonyl (C=O) groups excluding carboxylic acids is 3. The normalized spacial score (nSPS) is 12.9. The summed E-state index contributed by atoms with van der Waals surface area (Å²) in [7, 11) is 1.58. The molecule has 0 saturated heterocycles. The van der Waals surface area contributed by atoms with Gasteiger partial charge in [0.15, 0.2) is 0 Å². The van der Waals surface area contributed by atoms with E-state index in [0.29, 0.717) is 23.4 Å². The average Bonchev–Trinajstić information content (AvgIpc) is 2.95. The van der Waals surface area contributed by atoms with E-state index in [2.05, 4.69) is 10.6 Å². The van der Waals surface area contributed by atoms with Crippen LogP contribution in [0.4, 0.5) is 10.5 Å². The highest BCUT2D eigenvalue weighted by Crippen LogP contribution is 2.35. The molecule has 43 heavy (non-hydrogen) atoms. The van der Waals surface area contributed by atoms with Crippen molar-refractivity contribution in [2.45, 2.75) is 84.5 Å². The molecule has 3 rings (SSSR count). The second-order valence-corrected chi connectivity index (χ2v) is 12.2. The smallest absolute Gasteiger partial charge is 0.408 e. The van der Waals surface area contributed by atoms with Crippen LogP contribution in [0.3, 0.4) is 0 Å². The summed E-state index contributed by atoms with van der Waals surface area (Å²) in [6, 6.07) is 22.1. The lowest BCUT2D eigenvalue weighted by molar-refractivity contribution is -0.147. The number of benzene rings is 3. The Bertz CT molecular complexity index is 1380. The van der Waals surface area contributed by atoms with Gasteiger partial charge in [-0.3, -0.25) is 9.59 Å². The summed E-state index contributed by atoms with van der Waals surface area (Å²) in [5, 5.41) is 5.83. The number of nitrogens with zero attached hydrogens (tertiary/aromatic N) is 1. The quantitative estimate of drug-likeness (QED) is 0.256. The van der Waals surface area contributed by atoms with Crippen molar-refractivity contribution in [3.8, 4) is 5.75 Å². The third-order valence-electron chi connectivity index (χ3n) is 7.37. The van der Waals surface area contributed by atoms with E-state index in [1.807, 2.05) is 82.3 Å². The van der Waals surface area contributed by atoms with Crippen LogP contribution in [0.15, 0.2) is 78.9 Å². The Morgan fingerprint density at radius 3 is 2.02 bits per heavy atom. The minimum atomic E-state index is -0.997. The van der Waals surface area contributed by atoms with Crippen molar-refractivity contribution in [1.82, 2.24) is 10.2 Å². The first kappa shape index (κ1) is 33.2. The lowest BCUT2D eigenvalue weighted by Gasteiger charge is -2.45. The molecular weight excluding hydrogens is 542 g/mol. The topological polar surface area (TPSA) is 97.0 Å². The minimum absolute atomic E-state index is 0.218. The van der Waals surface area contributed by atoms with Gasteiger partial charge in [0.2, 0.25) is 5.91 Å². The van der Waals surface area contributed by atoms with Gasteiger partial charge in [0.25, 0.3) is 5.91 Å². The van der Waals surface area contributed by atoms with Crippen LogP contribution in [0.25, 0.3) is 0 Å². The Labute approximate surface area is 255 Å². The number of carbonyl (C=O) groups is 3. The Morgan fingerprint density at radius 2 is 1.47 bits per heavy atom. The maximum absolute atomic E-state index is 14.8. The zero-order valence-corrected chi connectivity index (χ0v) is 26.6. The first-order valence-corrected chi connectivity index (χ1v) is 14.6. The fourth-order valence-corrected chi connectivity index (χ4v) is 4.79. The van der Waals surface area contributed by atoms with Crippen LogP contribution in [0, 0.1) is 6.92 Å². The minimum Gasteiger partial charge on any atom is -0.497 e. The van der Waals surface area contributed by atoms with Gasteiger partial charge >= 0.3 is 6.09 Å². The molecule has 3 aromatic carbocycles. The van der Waals surface area contributed by atoms with Gasteiger partial charge < -0.3 is 25.0 Å². The molecule has 2 atom stereocenters. The van der Waals surface area contributed by atoms with Crippen molar-refractivity contribution in [1.29, 1.82) is 0 Å². The Balaban J connectivity index is 2.13. The molecule has 8 nitrogen and oxygen atoms in total. The summed E-state index contributed by atoms with van der Waals surface area (Å²) < 4.78 is 10.8. The molecule has 2 unspecified atom stereocenters. The Morgan fingerprint density at radius 1 is 0.860 bits per heavy atom. The molecule has 230 valence electrons. The van der Waals surface area contributed by atoms with E-state index in [9.17, 15) is 14.4 Å². The lowest BCUT2D eigenvalue weighted by atomic mass is 9.89. The van der Waals surface area contributed by atoms with E-state index >= 15 is 0 Å². The van der Waals surface area contributed by atoms with Crippen molar-refractivity contribution < 1.29 is 23.9 Å². The maximum Gasteiger partial charge on any atom is 0.408 e. The molecule has 0 radical (unpaired) electrons. The summed E-state index contributed by atoms with van der Waals surface area (Å²) in [4.78, 5) is 43.7. The zero-order chi connectivity index (χ0) is 31.8. The van der Waals surface area contributed by atoms with Crippen LogP contribution in [0.5, 0.6) is 5.75 Å². The van der Waals surface area contributed by atoms with Crippen LogP contribution < -0.4 is 15.4 Å². The van der Waals surface area contributed by atoms with Crippen LogP contribution >= 0.6 is 0 Å². The van der Waals surface area contributed by atoms with Crippen LogP contribution in [0.1, 0.15) is 70.7 Å². The molecule has 0 bridgehead atoms. The fraction of sp³-hybridized carbons (Fsp3) is 0.400. The number of anilines is 1. The predicted molar refractivity (Wildman–Crippen MR) is 170 cm³/mol. The van der Waals surface area contributed by atoms with Gasteiger partial charge in [0, 0.05) is 17.6 Å². The molecule has 0 aromatic heterocycles. The van der Waals surface area contributed by atoms with Crippen molar-refractivity contribution >= 4 is 23.6 Å². The number of rotatable bonds is 11. The first-order chi connectivity index (χ1) is 20.3. The molecule has 0 aliphatic rings. The van der Waals surface area contributed by atoms with E-state index in [1.54, 1.807) is 57.0 Å². The molecule has 8 heteroatoms. The number of ether oxygens (including phenoxy) is 2. The van der Waals surface area contributed by atoms with E-state index in [-0.39, 0.29) is 18.2 Å². The largest absolute Gasteiger partial charge is 0.497 e. The lowest BCUT2D eigenvalue weighted by Crippen LogP contribution is -2.59. The van der Waals surface area contributed by atoms with Crippen molar-refractivity contribution in [2.24, 2.45) is 0 Å². The van der Waals surface area contributed by atoms with Crippen molar-refractivity contribution in [3.05, 3.63) is 95.6 Å². The van der Waals surface area contributed by atoms with Crippen LogP contribution in [-0.4, -0.2) is 47.1 Å². The van der Waals surface area contributed by atoms with Crippen molar-refractivity contribution in [3.63, 3.8) is 0 Å². The predicted octanol–water partition coefficient (Wildman–Crippen LogP) is 6.84. The van der Waals surface area contributed by atoms with Gasteiger partial charge in [-0.15, -0.1) is 0 Å². The van der Waals surface area contributed by atoms with E-state index < -0.39 is 29.3 Å². The molecule has 0 spiro atoms. The van der Waals surface area contributed by atoms with E-state index in [1.165, 1.54) is 0 Å². The highest BCUT2D eigenvalue weighted by Gasteiger charge is 2.43. The number of hydrogen-bond acceptors (Lipinski definition) is 5. The van der Waals surface area contributed by atoms with E-state index in [0.717, 1.165) is 11.1 Å². The number of alkyl carbamates (subject to hydrolysis) is 1. The standard InChI is InChI=1S/C35H45N3O5/c1-9-35(6,7)38(32(40)29(23-25-16-11-10-12-17-25)37-33(41)43-34(3,4)5)30(28-18-14-13-15-24(28)2)31(39)36-26-19-21-27(42-8)22-20-26/h10-22,29-30H,9,23H2,1-8H3,(H,36,39)(H,37,41). The Hall–Kier alpha value is -4.33. The monoisotopic (exact) mass is 587 g/mol. The number of methoxy groups -OCH3 is 1. The molecule has 0 aliphatic carbocycles. The molecule has 3 amide bonds. The average molecular weight is 588 g/mol. The van der Waals surface area contributed by atoms with Gasteiger partial charge in [0.05, 0.1) is 7.11 Å². The summed E-state index contributed by atoms with van der Waals surface area (Å²) in [5.74, 6) is -0.0980. The van der Waals surface area contributed by atoms with E-state index in [4.69, 9.17) is 9.47 Å². The van der Waals surface area contributed by atoms with Crippen LogP contribution in [0.2, 0.25) is 0 Å². The molecule has 3 aromatic rings. The highest BCUT2D eigenvalue weighted by molar-refractivity contribution is 5.99. The summed E-state index contributed by atoms with van der Waals surface area (Å²) >= 11 is 0.